The molecule has 0 aromatic heterocycles. The summed E-state index contributed by atoms with van der Waals surface area (Å²) in [6.07, 6.45) is 0. The van der Waals surface area contributed by atoms with Crippen LogP contribution in [0.4, 0.5) is 17.1 Å². The van der Waals surface area contributed by atoms with E-state index in [9.17, 15) is 8.42 Å². The van der Waals surface area contributed by atoms with Gasteiger partial charge in [0.15, 0.2) is 0 Å². The fourth-order valence-electron chi connectivity index (χ4n) is 1.80. The van der Waals surface area contributed by atoms with E-state index in [-0.39, 0.29) is 10.6 Å². The van der Waals surface area contributed by atoms with Crippen molar-refractivity contribution in [3.63, 3.8) is 0 Å². The Balaban J connectivity index is 2.44. The molecular weight excluding hydrogens is 310 g/mol. The molecule has 0 bridgehead atoms. The number of benzene rings is 2. The van der Waals surface area contributed by atoms with Crippen LogP contribution in [0.3, 0.4) is 0 Å². The minimum atomic E-state index is -3.59. The maximum atomic E-state index is 12.2. The first-order valence-corrected chi connectivity index (χ1v) is 7.98. The van der Waals surface area contributed by atoms with Gasteiger partial charge in [-0.1, -0.05) is 23.7 Å². The normalized spacial score (nSPS) is 11.6. The van der Waals surface area contributed by atoms with E-state index in [0.29, 0.717) is 10.7 Å². The van der Waals surface area contributed by atoms with Gasteiger partial charge in [-0.25, -0.2) is 12.7 Å². The second-order valence-electron chi connectivity index (χ2n) is 4.64. The van der Waals surface area contributed by atoms with Crippen molar-refractivity contribution in [2.24, 2.45) is 0 Å². The van der Waals surface area contributed by atoms with Crippen molar-refractivity contribution in [1.82, 2.24) is 4.31 Å². The second-order valence-corrected chi connectivity index (χ2v) is 7.20. The Morgan fingerprint density at radius 1 is 1.14 bits per heavy atom. The number of nitrogens with two attached hydrogens (primary N) is 1. The van der Waals surface area contributed by atoms with Crippen LogP contribution in [0.2, 0.25) is 5.02 Å². The molecule has 2 aromatic carbocycles. The topological polar surface area (TPSA) is 75.4 Å². The maximum absolute atomic E-state index is 12.2. The number of nitrogen functional groups attached to an aromatic ring is 1. The highest BCUT2D eigenvalue weighted by Crippen LogP contribution is 2.30. The molecule has 2 rings (SSSR count). The van der Waals surface area contributed by atoms with Gasteiger partial charge in [0.2, 0.25) is 10.0 Å². The minimum absolute atomic E-state index is 0.0690. The SMILES string of the molecule is CN(C)S(=O)(=O)c1cccc(Nc2cccc(Cl)c2)c1N. The average molecular weight is 326 g/mol. The standard InChI is InChI=1S/C14H16ClN3O2S/c1-18(2)21(19,20)13-8-4-7-12(14(13)16)17-11-6-3-5-10(15)9-11/h3-9,17H,16H2,1-2H3. The summed E-state index contributed by atoms with van der Waals surface area (Å²) in [4.78, 5) is 0.0690. The van der Waals surface area contributed by atoms with E-state index in [1.165, 1.54) is 20.2 Å². The van der Waals surface area contributed by atoms with Crippen molar-refractivity contribution in [3.8, 4) is 0 Å². The van der Waals surface area contributed by atoms with E-state index in [2.05, 4.69) is 5.32 Å². The van der Waals surface area contributed by atoms with Gasteiger partial charge in [0.1, 0.15) is 4.90 Å². The number of para-hydroxylation sites is 1. The quantitative estimate of drug-likeness (QED) is 0.847. The van der Waals surface area contributed by atoms with Crippen molar-refractivity contribution in [2.75, 3.05) is 25.1 Å². The predicted octanol–water partition coefficient (Wildman–Crippen LogP) is 2.92. The molecule has 0 amide bonds. The van der Waals surface area contributed by atoms with E-state index in [1.54, 1.807) is 30.3 Å². The zero-order valence-corrected chi connectivity index (χ0v) is 13.2. The monoisotopic (exact) mass is 325 g/mol. The van der Waals surface area contributed by atoms with Crippen molar-refractivity contribution in [2.45, 2.75) is 4.90 Å². The van der Waals surface area contributed by atoms with Crippen molar-refractivity contribution >= 4 is 38.7 Å². The molecule has 0 aliphatic heterocycles. The van der Waals surface area contributed by atoms with E-state index < -0.39 is 10.0 Å². The number of anilines is 3. The highest BCUT2D eigenvalue weighted by atomic mass is 35.5. The van der Waals surface area contributed by atoms with E-state index >= 15 is 0 Å². The Bertz CT molecular complexity index is 761. The Morgan fingerprint density at radius 3 is 2.43 bits per heavy atom. The number of nitrogens with one attached hydrogen (secondary N) is 1. The van der Waals surface area contributed by atoms with Gasteiger partial charge in [0.25, 0.3) is 0 Å². The molecule has 0 saturated heterocycles. The molecule has 0 saturated carbocycles. The summed E-state index contributed by atoms with van der Waals surface area (Å²) in [6.45, 7) is 0. The number of hydrogen-bond donors (Lipinski definition) is 2. The Labute approximate surface area is 129 Å². The fraction of sp³-hybridized carbons (Fsp3) is 0.143. The molecule has 0 aliphatic carbocycles. The fourth-order valence-corrected chi connectivity index (χ4v) is 3.02. The van der Waals surface area contributed by atoms with E-state index in [1.807, 2.05) is 6.07 Å². The largest absolute Gasteiger partial charge is 0.396 e. The molecule has 21 heavy (non-hydrogen) atoms. The highest BCUT2D eigenvalue weighted by Gasteiger charge is 2.21. The number of rotatable bonds is 4. The molecule has 0 heterocycles. The van der Waals surface area contributed by atoms with Crippen LogP contribution in [0.1, 0.15) is 0 Å². The molecule has 7 heteroatoms. The first-order valence-electron chi connectivity index (χ1n) is 6.16. The number of nitrogens with zero attached hydrogens (tertiary/aromatic N) is 1. The molecule has 0 atom stereocenters. The summed E-state index contributed by atoms with van der Waals surface area (Å²) in [7, 11) is -0.660. The van der Waals surface area contributed by atoms with Gasteiger partial charge < -0.3 is 11.1 Å². The summed E-state index contributed by atoms with van der Waals surface area (Å²) < 4.78 is 25.5. The molecule has 5 nitrogen and oxygen atoms in total. The van der Waals surface area contributed by atoms with Gasteiger partial charge >= 0.3 is 0 Å². The summed E-state index contributed by atoms with van der Waals surface area (Å²) in [5.41, 5.74) is 7.41. The third-order valence-electron chi connectivity index (χ3n) is 2.93. The van der Waals surface area contributed by atoms with E-state index in [4.69, 9.17) is 17.3 Å². The third kappa shape index (κ3) is 3.29. The lowest BCUT2D eigenvalue weighted by atomic mass is 10.2. The molecule has 0 aliphatic rings. The van der Waals surface area contributed by atoms with Gasteiger partial charge in [-0.05, 0) is 30.3 Å². The smallest absolute Gasteiger partial charge is 0.244 e. The van der Waals surface area contributed by atoms with Crippen LogP contribution >= 0.6 is 11.6 Å². The van der Waals surface area contributed by atoms with Crippen molar-refractivity contribution in [1.29, 1.82) is 0 Å². The van der Waals surface area contributed by atoms with Gasteiger partial charge in [0, 0.05) is 24.8 Å². The van der Waals surface area contributed by atoms with Gasteiger partial charge in [-0.15, -0.1) is 0 Å². The maximum Gasteiger partial charge on any atom is 0.244 e. The van der Waals surface area contributed by atoms with Gasteiger partial charge in [-0.3, -0.25) is 0 Å². The lowest BCUT2D eigenvalue weighted by Crippen LogP contribution is -2.23. The molecule has 0 spiro atoms. The summed E-state index contributed by atoms with van der Waals surface area (Å²) in [6, 6.07) is 11.9. The van der Waals surface area contributed by atoms with Crippen LogP contribution in [0.25, 0.3) is 0 Å². The minimum Gasteiger partial charge on any atom is -0.396 e. The zero-order valence-electron chi connectivity index (χ0n) is 11.7. The predicted molar refractivity (Wildman–Crippen MR) is 86.5 cm³/mol. The first-order chi connectivity index (χ1) is 9.82. The Kier molecular flexibility index (Phi) is 4.41. The average Bonchev–Trinajstić information content (AvgIpc) is 2.41. The number of hydrogen-bond acceptors (Lipinski definition) is 4. The summed E-state index contributed by atoms with van der Waals surface area (Å²) in [5, 5.41) is 3.65. The lowest BCUT2D eigenvalue weighted by Gasteiger charge is -2.16. The van der Waals surface area contributed by atoms with Crippen LogP contribution in [-0.2, 0) is 10.0 Å². The summed E-state index contributed by atoms with van der Waals surface area (Å²) in [5.74, 6) is 0. The molecule has 112 valence electrons. The molecule has 2 aromatic rings. The molecule has 0 fully saturated rings. The Hall–Kier alpha value is -1.76. The molecule has 0 radical (unpaired) electrons. The van der Waals surface area contributed by atoms with Gasteiger partial charge in [-0.2, -0.15) is 0 Å². The van der Waals surface area contributed by atoms with Crippen LogP contribution < -0.4 is 11.1 Å². The van der Waals surface area contributed by atoms with Gasteiger partial charge in [0.05, 0.1) is 11.4 Å². The second kappa shape index (κ2) is 5.93. The zero-order chi connectivity index (χ0) is 15.6. The van der Waals surface area contributed by atoms with Crippen molar-refractivity contribution < 1.29 is 8.42 Å². The highest BCUT2D eigenvalue weighted by molar-refractivity contribution is 7.89. The third-order valence-corrected chi connectivity index (χ3v) is 5.04. The molecule has 0 unspecified atom stereocenters. The summed E-state index contributed by atoms with van der Waals surface area (Å²) >= 11 is 5.92. The number of sulfonamides is 1. The van der Waals surface area contributed by atoms with Crippen LogP contribution in [-0.4, -0.2) is 26.8 Å². The van der Waals surface area contributed by atoms with Crippen LogP contribution in [0.15, 0.2) is 47.4 Å². The van der Waals surface area contributed by atoms with Crippen LogP contribution in [0.5, 0.6) is 0 Å². The number of halogens is 1. The van der Waals surface area contributed by atoms with Crippen LogP contribution in [0, 0.1) is 0 Å². The van der Waals surface area contributed by atoms with Crippen molar-refractivity contribution in [3.05, 3.63) is 47.5 Å². The molecular formula is C14H16ClN3O2S. The van der Waals surface area contributed by atoms with E-state index in [0.717, 1.165) is 9.99 Å². The Morgan fingerprint density at radius 2 is 1.81 bits per heavy atom. The molecule has 3 N–H and O–H groups in total. The first kappa shape index (κ1) is 15.6. The lowest BCUT2D eigenvalue weighted by molar-refractivity contribution is 0.521.